The lowest BCUT2D eigenvalue weighted by atomic mass is 9.52. The molecule has 0 radical (unpaired) electrons. The predicted octanol–water partition coefficient (Wildman–Crippen LogP) is 1.78. The van der Waals surface area contributed by atoms with Crippen molar-refractivity contribution in [3.63, 3.8) is 0 Å². The predicted molar refractivity (Wildman–Crippen MR) is 154 cm³/mol. The van der Waals surface area contributed by atoms with Crippen molar-refractivity contribution in [3.8, 4) is 5.75 Å². The quantitative estimate of drug-likeness (QED) is 0.378. The molecule has 1 aromatic rings. The molecule has 3 fully saturated rings. The zero-order chi connectivity index (χ0) is 31.0. The molecule has 0 heterocycles. The van der Waals surface area contributed by atoms with Gasteiger partial charge in [-0.3, -0.25) is 33.8 Å². The first-order chi connectivity index (χ1) is 19.6. The average molecular weight is 602 g/mol. The standard InChI is InChI=1S/C31H40ClN3O7/c1-13(2)14(3)35(11-15-6-7-15)12-17-10-20(36)22-18(24(17)32)8-16-9-19-25(34(4)5)27(38)23(30(33)41)29(40)31(19,42)28(39)21(16)26(22)37/h10,13-16,19,21,23,25,36,42H,6-9,11-12H2,1-5H3,(H2,33,41)/t14-,16-,19-,21?,23?,25-,31-/m0/s1. The van der Waals surface area contributed by atoms with Crippen LogP contribution in [0.15, 0.2) is 6.07 Å². The number of aromatic hydroxyl groups is 1. The molecule has 0 bridgehead atoms. The highest BCUT2D eigenvalue weighted by molar-refractivity contribution is 6.34. The van der Waals surface area contributed by atoms with E-state index in [1.54, 1.807) is 14.1 Å². The van der Waals surface area contributed by atoms with Crippen LogP contribution in [0.3, 0.4) is 0 Å². The molecule has 4 aliphatic carbocycles. The van der Waals surface area contributed by atoms with E-state index in [-0.39, 0.29) is 30.2 Å². The maximum Gasteiger partial charge on any atom is 0.235 e. The summed E-state index contributed by atoms with van der Waals surface area (Å²) in [6.45, 7) is 7.87. The van der Waals surface area contributed by atoms with Gasteiger partial charge >= 0.3 is 0 Å². The topological polar surface area (TPSA) is 158 Å². The maximum atomic E-state index is 14.0. The van der Waals surface area contributed by atoms with Gasteiger partial charge < -0.3 is 15.9 Å². The molecule has 10 nitrogen and oxygen atoms in total. The first kappa shape index (κ1) is 30.8. The van der Waals surface area contributed by atoms with Crippen molar-refractivity contribution in [2.45, 2.75) is 70.7 Å². The summed E-state index contributed by atoms with van der Waals surface area (Å²) in [5.74, 6) is -9.65. The number of ketones is 4. The number of nitrogens with zero attached hydrogens (tertiary/aromatic N) is 2. The number of likely N-dealkylation sites (N-methyl/N-ethyl adjacent to an activating group) is 1. The summed E-state index contributed by atoms with van der Waals surface area (Å²) in [5, 5.41) is 23.2. The van der Waals surface area contributed by atoms with Gasteiger partial charge in [0.2, 0.25) is 5.91 Å². The summed E-state index contributed by atoms with van der Waals surface area (Å²) >= 11 is 6.96. The number of phenolic OH excluding ortho intramolecular Hbond substituents is 1. The summed E-state index contributed by atoms with van der Waals surface area (Å²) in [6.07, 6.45) is 2.50. The fourth-order valence-corrected chi connectivity index (χ4v) is 7.76. The number of phenols is 1. The van der Waals surface area contributed by atoms with Crippen LogP contribution >= 0.6 is 11.6 Å². The Bertz CT molecular complexity index is 1370. The fourth-order valence-electron chi connectivity index (χ4n) is 7.47. The Morgan fingerprint density at radius 1 is 1.14 bits per heavy atom. The number of primary amides is 1. The van der Waals surface area contributed by atoms with Gasteiger partial charge in [0.25, 0.3) is 0 Å². The van der Waals surface area contributed by atoms with E-state index < -0.39 is 64.4 Å². The summed E-state index contributed by atoms with van der Waals surface area (Å²) in [5.41, 5.74) is 3.66. The molecule has 3 saturated carbocycles. The Hall–Kier alpha value is -2.66. The van der Waals surface area contributed by atoms with Crippen molar-refractivity contribution >= 4 is 40.6 Å². The number of amides is 1. The van der Waals surface area contributed by atoms with Gasteiger partial charge in [0.1, 0.15) is 5.75 Å². The Morgan fingerprint density at radius 3 is 2.33 bits per heavy atom. The van der Waals surface area contributed by atoms with Crippen molar-refractivity contribution < 1.29 is 34.2 Å². The third-order valence-corrected chi connectivity index (χ3v) is 10.6. The zero-order valence-electron chi connectivity index (χ0n) is 24.7. The molecule has 0 aliphatic heterocycles. The van der Waals surface area contributed by atoms with Crippen LogP contribution in [0.25, 0.3) is 0 Å². The number of hydrogen-bond donors (Lipinski definition) is 3. The number of rotatable bonds is 8. The second kappa shape index (κ2) is 10.8. The molecule has 228 valence electrons. The minimum atomic E-state index is -2.74. The van der Waals surface area contributed by atoms with Crippen LogP contribution in [0.2, 0.25) is 5.02 Å². The van der Waals surface area contributed by atoms with Crippen LogP contribution in [0, 0.1) is 35.5 Å². The van der Waals surface area contributed by atoms with Crippen molar-refractivity contribution in [2.75, 3.05) is 20.6 Å². The van der Waals surface area contributed by atoms with Gasteiger partial charge in [-0.1, -0.05) is 25.4 Å². The molecule has 7 atom stereocenters. The SMILES string of the molecule is CC(C)[C@H](C)N(Cc1cc(O)c2c(c1Cl)C[C@H]1C[C@H]3[C@H](N(C)C)C(=O)C(C(N)=O)C(=O)[C@@]3(O)C(=O)C1C2=O)CC1CC1. The minimum absolute atomic E-state index is 0.0105. The van der Waals surface area contributed by atoms with Crippen molar-refractivity contribution in [2.24, 2.45) is 41.2 Å². The molecule has 4 aliphatic rings. The van der Waals surface area contributed by atoms with Crippen molar-refractivity contribution in [1.29, 1.82) is 0 Å². The smallest absolute Gasteiger partial charge is 0.235 e. The van der Waals surface area contributed by atoms with E-state index in [9.17, 15) is 34.2 Å². The van der Waals surface area contributed by atoms with E-state index >= 15 is 0 Å². The summed E-state index contributed by atoms with van der Waals surface area (Å²) in [4.78, 5) is 70.5. The highest BCUT2D eigenvalue weighted by atomic mass is 35.5. The third kappa shape index (κ3) is 4.71. The first-order valence-electron chi connectivity index (χ1n) is 14.7. The number of carbonyl (C=O) groups is 5. The molecule has 4 N–H and O–H groups in total. The number of benzene rings is 1. The Balaban J connectivity index is 1.55. The second-order valence-electron chi connectivity index (χ2n) is 13.4. The normalized spacial score (nSPS) is 31.8. The Morgan fingerprint density at radius 2 is 1.79 bits per heavy atom. The van der Waals surface area contributed by atoms with E-state index in [0.29, 0.717) is 34.5 Å². The lowest BCUT2D eigenvalue weighted by Gasteiger charge is -2.52. The molecule has 0 aromatic heterocycles. The first-order valence-corrected chi connectivity index (χ1v) is 15.1. The van der Waals surface area contributed by atoms with Crippen molar-refractivity contribution in [3.05, 3.63) is 27.8 Å². The van der Waals surface area contributed by atoms with Crippen LogP contribution in [-0.2, 0) is 32.1 Å². The summed E-state index contributed by atoms with van der Waals surface area (Å²) in [7, 11) is 3.11. The Kier molecular flexibility index (Phi) is 7.92. The molecule has 1 aromatic carbocycles. The third-order valence-electron chi connectivity index (χ3n) is 10.2. The largest absolute Gasteiger partial charge is 0.507 e. The summed E-state index contributed by atoms with van der Waals surface area (Å²) in [6, 6.07) is 0.593. The van der Waals surface area contributed by atoms with Gasteiger partial charge in [-0.15, -0.1) is 0 Å². The fraction of sp³-hybridized carbons (Fsp3) is 0.645. The van der Waals surface area contributed by atoms with Crippen molar-refractivity contribution in [1.82, 2.24) is 9.80 Å². The number of carbonyl (C=O) groups excluding carboxylic acids is 5. The van der Waals surface area contributed by atoms with E-state index in [1.165, 1.54) is 23.8 Å². The van der Waals surface area contributed by atoms with E-state index in [1.807, 2.05) is 0 Å². The van der Waals surface area contributed by atoms with E-state index in [0.717, 1.165) is 6.54 Å². The van der Waals surface area contributed by atoms with Crippen LogP contribution in [0.4, 0.5) is 0 Å². The van der Waals surface area contributed by atoms with Crippen LogP contribution in [0.1, 0.15) is 61.5 Å². The van der Waals surface area contributed by atoms with E-state index in [4.69, 9.17) is 17.3 Å². The minimum Gasteiger partial charge on any atom is -0.507 e. The van der Waals surface area contributed by atoms with Crippen LogP contribution in [-0.4, -0.2) is 87.4 Å². The molecule has 11 heteroatoms. The summed E-state index contributed by atoms with van der Waals surface area (Å²) < 4.78 is 0. The molecular formula is C31H40ClN3O7. The van der Waals surface area contributed by atoms with Gasteiger partial charge in [0.15, 0.2) is 34.7 Å². The van der Waals surface area contributed by atoms with Crippen LogP contribution in [0.5, 0.6) is 5.75 Å². The van der Waals surface area contributed by atoms with E-state index in [2.05, 4.69) is 25.7 Å². The average Bonchev–Trinajstić information content (AvgIpc) is 3.71. The molecule has 2 unspecified atom stereocenters. The highest BCUT2D eigenvalue weighted by Gasteiger charge is 2.69. The number of hydrogen-bond acceptors (Lipinski definition) is 9. The van der Waals surface area contributed by atoms with Gasteiger partial charge in [0, 0.05) is 30.1 Å². The maximum absolute atomic E-state index is 14.0. The molecule has 5 rings (SSSR count). The molecule has 42 heavy (non-hydrogen) atoms. The highest BCUT2D eigenvalue weighted by Crippen LogP contribution is 2.52. The van der Waals surface area contributed by atoms with Crippen LogP contribution < -0.4 is 5.73 Å². The second-order valence-corrected chi connectivity index (χ2v) is 13.7. The zero-order valence-corrected chi connectivity index (χ0v) is 25.5. The number of nitrogens with two attached hydrogens (primary N) is 1. The van der Waals surface area contributed by atoms with Gasteiger partial charge in [-0.25, -0.2) is 0 Å². The molecular weight excluding hydrogens is 562 g/mol. The number of fused-ring (bicyclic) bond motifs is 3. The van der Waals surface area contributed by atoms with Gasteiger partial charge in [0.05, 0.1) is 17.5 Å². The lowest BCUT2D eigenvalue weighted by Crippen LogP contribution is -2.74. The molecule has 1 amide bonds. The molecule has 0 saturated heterocycles. The van der Waals surface area contributed by atoms with Gasteiger partial charge in [-0.05, 0) is 81.6 Å². The lowest BCUT2D eigenvalue weighted by molar-refractivity contribution is -0.181. The monoisotopic (exact) mass is 601 g/mol. The Labute approximate surface area is 250 Å². The number of halogens is 1. The number of Topliss-reactive ketones (excluding diaryl/α,β-unsaturated/α-hetero) is 4. The number of aliphatic hydroxyl groups is 1. The molecule has 0 spiro atoms. The van der Waals surface area contributed by atoms with Gasteiger partial charge in [-0.2, -0.15) is 0 Å².